The Morgan fingerprint density at radius 3 is 2.60 bits per heavy atom. The molecule has 0 bridgehead atoms. The number of halogens is 2. The Balaban J connectivity index is 2.42. The number of allylic oxidation sites excluding steroid dienone is 1. The van der Waals surface area contributed by atoms with Crippen LogP contribution in [0.2, 0.25) is 10.0 Å². The Morgan fingerprint density at radius 1 is 1.16 bits per heavy atom. The van der Waals surface area contributed by atoms with Gasteiger partial charge < -0.3 is 9.47 Å². The number of nitriles is 1. The van der Waals surface area contributed by atoms with Crippen molar-refractivity contribution < 1.29 is 9.47 Å². The van der Waals surface area contributed by atoms with Crippen molar-refractivity contribution in [1.29, 1.82) is 5.26 Å². The summed E-state index contributed by atoms with van der Waals surface area (Å²) in [4.78, 5) is 0. The van der Waals surface area contributed by atoms with Gasteiger partial charge in [0.25, 0.3) is 0 Å². The number of nitrogens with zero attached hydrogens (tertiary/aromatic N) is 1. The summed E-state index contributed by atoms with van der Waals surface area (Å²) in [6.07, 6.45) is 6.94. The second-order valence-electron chi connectivity index (χ2n) is 4.93. The fourth-order valence-corrected chi connectivity index (χ4v) is 2.68. The smallest absolute Gasteiger partial charge is 0.162 e. The molecule has 0 aliphatic carbocycles. The standard InChI is InChI=1S/C20H15Cl2NO2/c1-3-9-25-19-8-5-14(11-20(19)24-4-2)10-15(13-23)17-7-6-16(21)12-18(17)22/h1,5-8,10-12H,4,9H2,2H3/b15-10+. The average molecular weight is 372 g/mol. The Morgan fingerprint density at radius 2 is 1.96 bits per heavy atom. The molecule has 2 aromatic carbocycles. The lowest BCUT2D eigenvalue weighted by molar-refractivity contribution is 0.299. The summed E-state index contributed by atoms with van der Waals surface area (Å²) in [6, 6.07) is 12.5. The number of terminal acetylenes is 1. The van der Waals surface area contributed by atoms with E-state index in [4.69, 9.17) is 39.1 Å². The van der Waals surface area contributed by atoms with E-state index < -0.39 is 0 Å². The van der Waals surface area contributed by atoms with E-state index in [1.165, 1.54) is 0 Å². The predicted octanol–water partition coefficient (Wildman–Crippen LogP) is 5.47. The van der Waals surface area contributed by atoms with Crippen LogP contribution in [-0.4, -0.2) is 13.2 Å². The molecular weight excluding hydrogens is 357 g/mol. The zero-order valence-corrected chi connectivity index (χ0v) is 15.1. The first-order valence-corrected chi connectivity index (χ1v) is 8.25. The quantitative estimate of drug-likeness (QED) is 0.384. The van der Waals surface area contributed by atoms with Gasteiger partial charge in [-0.15, -0.1) is 6.42 Å². The first-order chi connectivity index (χ1) is 12.1. The van der Waals surface area contributed by atoms with Crippen molar-refractivity contribution >= 4 is 34.9 Å². The molecule has 0 heterocycles. The molecule has 5 heteroatoms. The third-order valence-corrected chi connectivity index (χ3v) is 3.78. The summed E-state index contributed by atoms with van der Waals surface area (Å²) in [5.74, 6) is 3.53. The Bertz CT molecular complexity index is 876. The van der Waals surface area contributed by atoms with Crippen molar-refractivity contribution in [3.8, 4) is 29.9 Å². The van der Waals surface area contributed by atoms with Crippen molar-refractivity contribution in [2.45, 2.75) is 6.92 Å². The number of hydrogen-bond donors (Lipinski definition) is 0. The minimum Gasteiger partial charge on any atom is -0.490 e. The van der Waals surface area contributed by atoms with Crippen LogP contribution in [0.5, 0.6) is 11.5 Å². The molecule has 0 saturated carbocycles. The van der Waals surface area contributed by atoms with Crippen LogP contribution < -0.4 is 9.47 Å². The maximum atomic E-state index is 9.49. The van der Waals surface area contributed by atoms with Crippen molar-refractivity contribution in [1.82, 2.24) is 0 Å². The molecule has 2 rings (SSSR count). The largest absolute Gasteiger partial charge is 0.490 e. The summed E-state index contributed by atoms with van der Waals surface area (Å²) in [6.45, 7) is 2.51. The molecule has 25 heavy (non-hydrogen) atoms. The molecule has 0 N–H and O–H groups in total. The highest BCUT2D eigenvalue weighted by Crippen LogP contribution is 2.32. The van der Waals surface area contributed by atoms with Gasteiger partial charge in [-0.1, -0.05) is 41.3 Å². The van der Waals surface area contributed by atoms with E-state index in [1.54, 1.807) is 36.4 Å². The normalized spacial score (nSPS) is 10.7. The zero-order chi connectivity index (χ0) is 18.2. The molecule has 2 aromatic rings. The lowest BCUT2D eigenvalue weighted by Gasteiger charge is -2.11. The maximum Gasteiger partial charge on any atom is 0.162 e. The molecule has 0 fully saturated rings. The first kappa shape index (κ1) is 18.7. The van der Waals surface area contributed by atoms with Crippen molar-refractivity contribution in [3.63, 3.8) is 0 Å². The summed E-state index contributed by atoms with van der Waals surface area (Å²) in [7, 11) is 0. The van der Waals surface area contributed by atoms with Crippen LogP contribution in [0.4, 0.5) is 0 Å². The Hall–Kier alpha value is -2.59. The second-order valence-corrected chi connectivity index (χ2v) is 5.77. The molecule has 3 nitrogen and oxygen atoms in total. The van der Waals surface area contributed by atoms with E-state index in [9.17, 15) is 5.26 Å². The summed E-state index contributed by atoms with van der Waals surface area (Å²) in [5, 5.41) is 10.4. The number of hydrogen-bond acceptors (Lipinski definition) is 3. The zero-order valence-electron chi connectivity index (χ0n) is 13.6. The van der Waals surface area contributed by atoms with Gasteiger partial charge in [0.15, 0.2) is 11.5 Å². The van der Waals surface area contributed by atoms with Crippen molar-refractivity contribution in [2.24, 2.45) is 0 Å². The van der Waals surface area contributed by atoms with Crippen LogP contribution >= 0.6 is 23.2 Å². The van der Waals surface area contributed by atoms with Crippen LogP contribution in [0.3, 0.4) is 0 Å². The summed E-state index contributed by atoms with van der Waals surface area (Å²) >= 11 is 12.1. The molecule has 0 saturated heterocycles. The number of ether oxygens (including phenoxy) is 2. The van der Waals surface area contributed by atoms with Gasteiger partial charge in [0.1, 0.15) is 6.61 Å². The van der Waals surface area contributed by atoms with E-state index in [0.717, 1.165) is 5.56 Å². The predicted molar refractivity (Wildman–Crippen MR) is 102 cm³/mol. The average Bonchev–Trinajstić information content (AvgIpc) is 2.60. The molecule has 0 aliphatic rings. The van der Waals surface area contributed by atoms with E-state index in [2.05, 4.69) is 12.0 Å². The fourth-order valence-electron chi connectivity index (χ4n) is 2.17. The SMILES string of the molecule is C#CCOc1ccc(/C=C(\C#N)c2ccc(Cl)cc2Cl)cc1OCC. The highest BCUT2D eigenvalue weighted by Gasteiger charge is 2.09. The third kappa shape index (κ3) is 4.94. The van der Waals surface area contributed by atoms with Crippen LogP contribution in [-0.2, 0) is 0 Å². The molecule has 0 radical (unpaired) electrons. The Labute approximate surface area is 157 Å². The van der Waals surface area contributed by atoms with Gasteiger partial charge >= 0.3 is 0 Å². The highest BCUT2D eigenvalue weighted by molar-refractivity contribution is 6.36. The molecule has 0 unspecified atom stereocenters. The van der Waals surface area contributed by atoms with E-state index in [-0.39, 0.29) is 6.61 Å². The third-order valence-electron chi connectivity index (χ3n) is 3.23. The number of benzene rings is 2. The van der Waals surface area contributed by atoms with Crippen LogP contribution in [0.25, 0.3) is 11.6 Å². The van der Waals surface area contributed by atoms with E-state index in [0.29, 0.717) is 39.3 Å². The molecule has 0 aliphatic heterocycles. The van der Waals surface area contributed by atoms with Crippen molar-refractivity contribution in [3.05, 3.63) is 57.6 Å². The first-order valence-electron chi connectivity index (χ1n) is 7.49. The maximum absolute atomic E-state index is 9.49. The Kier molecular flexibility index (Phi) is 6.78. The topological polar surface area (TPSA) is 42.2 Å². The minimum atomic E-state index is 0.152. The second kappa shape index (κ2) is 9.04. The van der Waals surface area contributed by atoms with Gasteiger partial charge in [0.05, 0.1) is 23.3 Å². The molecule has 0 spiro atoms. The van der Waals surface area contributed by atoms with Crippen LogP contribution in [0.15, 0.2) is 36.4 Å². The number of rotatable bonds is 6. The van der Waals surface area contributed by atoms with E-state index >= 15 is 0 Å². The lowest BCUT2D eigenvalue weighted by Crippen LogP contribution is -1.99. The molecule has 0 amide bonds. The van der Waals surface area contributed by atoms with Crippen LogP contribution in [0, 0.1) is 23.7 Å². The summed E-state index contributed by atoms with van der Waals surface area (Å²) < 4.78 is 11.0. The van der Waals surface area contributed by atoms with Gasteiger partial charge in [-0.05, 0) is 42.8 Å². The monoisotopic (exact) mass is 371 g/mol. The fraction of sp³-hybridized carbons (Fsp3) is 0.150. The van der Waals surface area contributed by atoms with Gasteiger partial charge in [0, 0.05) is 10.6 Å². The molecule has 0 atom stereocenters. The minimum absolute atomic E-state index is 0.152. The lowest BCUT2D eigenvalue weighted by atomic mass is 10.0. The summed E-state index contributed by atoms with van der Waals surface area (Å²) in [5.41, 5.74) is 1.81. The molecule has 126 valence electrons. The van der Waals surface area contributed by atoms with Gasteiger partial charge in [-0.25, -0.2) is 0 Å². The molecule has 0 aromatic heterocycles. The van der Waals surface area contributed by atoms with Crippen LogP contribution in [0.1, 0.15) is 18.1 Å². The highest BCUT2D eigenvalue weighted by atomic mass is 35.5. The van der Waals surface area contributed by atoms with Gasteiger partial charge in [0.2, 0.25) is 0 Å². The van der Waals surface area contributed by atoms with Gasteiger partial charge in [-0.3, -0.25) is 0 Å². The van der Waals surface area contributed by atoms with E-state index in [1.807, 2.05) is 13.0 Å². The molecular formula is C20H15Cl2NO2. The van der Waals surface area contributed by atoms with Gasteiger partial charge in [-0.2, -0.15) is 5.26 Å². The van der Waals surface area contributed by atoms with Crippen molar-refractivity contribution in [2.75, 3.05) is 13.2 Å².